The summed E-state index contributed by atoms with van der Waals surface area (Å²) in [6.07, 6.45) is 1.14. The Balaban J connectivity index is 1.49. The Morgan fingerprint density at radius 1 is 1.24 bits per heavy atom. The molecule has 1 amide bonds. The van der Waals surface area contributed by atoms with Crippen LogP contribution in [-0.2, 0) is 14.8 Å². The summed E-state index contributed by atoms with van der Waals surface area (Å²) in [5, 5.41) is 3.72. The summed E-state index contributed by atoms with van der Waals surface area (Å²) in [5.41, 5.74) is 0.624. The van der Waals surface area contributed by atoms with Crippen LogP contribution in [0.4, 0.5) is 9.52 Å². The lowest BCUT2D eigenvalue weighted by Gasteiger charge is -2.31. The summed E-state index contributed by atoms with van der Waals surface area (Å²) < 4.78 is 40.9. The van der Waals surface area contributed by atoms with Crippen LogP contribution in [0.25, 0.3) is 10.2 Å². The van der Waals surface area contributed by atoms with E-state index in [9.17, 15) is 17.6 Å². The molecule has 1 aromatic heterocycles. The van der Waals surface area contributed by atoms with Gasteiger partial charge in [-0.25, -0.2) is 17.8 Å². The number of anilines is 1. The number of fused-ring (bicyclic) bond motifs is 1. The molecule has 29 heavy (non-hydrogen) atoms. The molecular weight excluding hydrogens is 437 g/mol. The summed E-state index contributed by atoms with van der Waals surface area (Å²) >= 11 is 7.44. The number of thiazole rings is 1. The zero-order valence-electron chi connectivity index (χ0n) is 15.1. The van der Waals surface area contributed by atoms with E-state index in [0.717, 1.165) is 16.8 Å². The van der Waals surface area contributed by atoms with Crippen molar-refractivity contribution in [2.45, 2.75) is 17.7 Å². The highest BCUT2D eigenvalue weighted by atomic mass is 35.5. The molecule has 1 fully saturated rings. The molecule has 0 radical (unpaired) electrons. The van der Waals surface area contributed by atoms with Crippen molar-refractivity contribution in [1.82, 2.24) is 9.29 Å². The predicted molar refractivity (Wildman–Crippen MR) is 111 cm³/mol. The van der Waals surface area contributed by atoms with Gasteiger partial charge >= 0.3 is 0 Å². The smallest absolute Gasteiger partial charge is 0.243 e. The standard InChI is InChI=1S/C19H17ClFN3O3S2/c20-15-4-1-5-16-17(15)22-19(28-16)23-18(25)12-3-2-10-24(11-12)29(26,27)14-8-6-13(21)7-9-14/h1,4-9,12H,2-3,10-11H2,(H,22,23,25). The molecule has 6 nitrogen and oxygen atoms in total. The predicted octanol–water partition coefficient (Wildman–Crippen LogP) is 4.13. The minimum atomic E-state index is -3.79. The van der Waals surface area contributed by atoms with Crippen molar-refractivity contribution in [2.24, 2.45) is 5.92 Å². The van der Waals surface area contributed by atoms with E-state index in [1.54, 1.807) is 6.07 Å². The van der Waals surface area contributed by atoms with E-state index >= 15 is 0 Å². The summed E-state index contributed by atoms with van der Waals surface area (Å²) in [6, 6.07) is 10.1. The molecule has 2 aromatic carbocycles. The number of rotatable bonds is 4. The number of halogens is 2. The Bertz CT molecular complexity index is 1170. The van der Waals surface area contributed by atoms with Crippen LogP contribution < -0.4 is 5.32 Å². The maximum atomic E-state index is 13.1. The Hall–Kier alpha value is -2.07. The molecule has 1 atom stereocenters. The molecule has 3 aromatic rings. The van der Waals surface area contributed by atoms with Gasteiger partial charge in [0.1, 0.15) is 11.3 Å². The second kappa shape index (κ2) is 7.98. The molecule has 0 spiro atoms. The first-order valence-corrected chi connectivity index (χ1v) is 11.6. The van der Waals surface area contributed by atoms with E-state index in [2.05, 4.69) is 10.3 Å². The molecular formula is C19H17ClFN3O3S2. The van der Waals surface area contributed by atoms with Crippen molar-refractivity contribution >= 4 is 54.2 Å². The molecule has 0 bridgehead atoms. The van der Waals surface area contributed by atoms with Gasteiger partial charge in [-0.3, -0.25) is 4.79 Å². The Labute approximate surface area is 176 Å². The normalized spacial score (nSPS) is 18.1. The maximum absolute atomic E-state index is 13.1. The van der Waals surface area contributed by atoms with Crippen LogP contribution in [0.15, 0.2) is 47.4 Å². The Kier molecular flexibility index (Phi) is 5.56. The summed E-state index contributed by atoms with van der Waals surface area (Å²) in [4.78, 5) is 17.1. The molecule has 1 saturated heterocycles. The third kappa shape index (κ3) is 4.13. The quantitative estimate of drug-likeness (QED) is 0.644. The molecule has 1 unspecified atom stereocenters. The van der Waals surface area contributed by atoms with Crippen LogP contribution in [-0.4, -0.2) is 36.7 Å². The van der Waals surface area contributed by atoms with Crippen molar-refractivity contribution in [3.63, 3.8) is 0 Å². The van der Waals surface area contributed by atoms with Crippen LogP contribution in [0.3, 0.4) is 0 Å². The highest BCUT2D eigenvalue weighted by Gasteiger charge is 2.33. The average Bonchev–Trinajstić information content (AvgIpc) is 3.12. The summed E-state index contributed by atoms with van der Waals surface area (Å²) in [7, 11) is -3.79. The zero-order valence-corrected chi connectivity index (χ0v) is 17.5. The van der Waals surface area contributed by atoms with Gasteiger partial charge in [0.05, 0.1) is 20.5 Å². The minimum absolute atomic E-state index is 0.0146. The molecule has 1 aliphatic rings. The summed E-state index contributed by atoms with van der Waals surface area (Å²) in [5.74, 6) is -1.28. The Morgan fingerprint density at radius 2 is 2.00 bits per heavy atom. The van der Waals surface area contributed by atoms with E-state index in [-0.39, 0.29) is 17.3 Å². The number of aromatic nitrogens is 1. The van der Waals surface area contributed by atoms with Crippen molar-refractivity contribution in [2.75, 3.05) is 18.4 Å². The monoisotopic (exact) mass is 453 g/mol. The largest absolute Gasteiger partial charge is 0.302 e. The number of carbonyl (C=O) groups is 1. The van der Waals surface area contributed by atoms with Gasteiger partial charge in [-0.05, 0) is 49.2 Å². The number of carbonyl (C=O) groups excluding carboxylic acids is 1. The molecule has 152 valence electrons. The number of nitrogens with one attached hydrogen (secondary N) is 1. The van der Waals surface area contributed by atoms with E-state index in [4.69, 9.17) is 11.6 Å². The molecule has 0 aliphatic carbocycles. The van der Waals surface area contributed by atoms with Gasteiger partial charge in [0.2, 0.25) is 15.9 Å². The third-order valence-electron chi connectivity index (χ3n) is 4.81. The van der Waals surface area contributed by atoms with E-state index in [1.165, 1.54) is 27.8 Å². The SMILES string of the molecule is O=C(Nc1nc2c(Cl)cccc2s1)C1CCCN(S(=O)(=O)c2ccc(F)cc2)C1. The van der Waals surface area contributed by atoms with Gasteiger partial charge in [0.15, 0.2) is 5.13 Å². The van der Waals surface area contributed by atoms with Crippen molar-refractivity contribution < 1.29 is 17.6 Å². The average molecular weight is 454 g/mol. The first-order valence-electron chi connectivity index (χ1n) is 8.96. The lowest BCUT2D eigenvalue weighted by molar-refractivity contribution is -0.120. The van der Waals surface area contributed by atoms with Crippen molar-refractivity contribution in [3.05, 3.63) is 53.3 Å². The number of hydrogen-bond acceptors (Lipinski definition) is 5. The van der Waals surface area contributed by atoms with Crippen LogP contribution in [0.5, 0.6) is 0 Å². The van der Waals surface area contributed by atoms with E-state index in [1.807, 2.05) is 12.1 Å². The van der Waals surface area contributed by atoms with Crippen molar-refractivity contribution in [3.8, 4) is 0 Å². The van der Waals surface area contributed by atoms with Crippen molar-refractivity contribution in [1.29, 1.82) is 0 Å². The van der Waals surface area contributed by atoms with Crippen LogP contribution >= 0.6 is 22.9 Å². The fourth-order valence-electron chi connectivity index (χ4n) is 3.31. The first-order chi connectivity index (χ1) is 13.8. The number of piperidine rings is 1. The molecule has 0 saturated carbocycles. The molecule has 1 N–H and O–H groups in total. The third-order valence-corrected chi connectivity index (χ3v) is 7.93. The number of amides is 1. The molecule has 2 heterocycles. The maximum Gasteiger partial charge on any atom is 0.243 e. The van der Waals surface area contributed by atoms with Crippen LogP contribution in [0, 0.1) is 11.7 Å². The van der Waals surface area contributed by atoms with Gasteiger partial charge < -0.3 is 5.32 Å². The minimum Gasteiger partial charge on any atom is -0.302 e. The van der Waals surface area contributed by atoms with Gasteiger partial charge in [-0.1, -0.05) is 29.0 Å². The molecule has 1 aliphatic heterocycles. The fourth-order valence-corrected chi connectivity index (χ4v) is 6.00. The lowest BCUT2D eigenvalue weighted by Crippen LogP contribution is -2.43. The van der Waals surface area contributed by atoms with E-state index < -0.39 is 21.8 Å². The van der Waals surface area contributed by atoms with Gasteiger partial charge in [0.25, 0.3) is 0 Å². The number of para-hydroxylation sites is 1. The van der Waals surface area contributed by atoms with Gasteiger partial charge in [-0.15, -0.1) is 0 Å². The Morgan fingerprint density at radius 3 is 2.72 bits per heavy atom. The highest BCUT2D eigenvalue weighted by molar-refractivity contribution is 7.89. The van der Waals surface area contributed by atoms with Crippen LogP contribution in [0.1, 0.15) is 12.8 Å². The highest BCUT2D eigenvalue weighted by Crippen LogP contribution is 2.31. The van der Waals surface area contributed by atoms with Crippen LogP contribution in [0.2, 0.25) is 5.02 Å². The lowest BCUT2D eigenvalue weighted by atomic mass is 9.99. The zero-order chi connectivity index (χ0) is 20.6. The van der Waals surface area contributed by atoms with E-state index in [0.29, 0.717) is 35.1 Å². The number of hydrogen-bond donors (Lipinski definition) is 1. The fraction of sp³-hybridized carbons (Fsp3) is 0.263. The molecule has 4 rings (SSSR count). The first kappa shape index (κ1) is 20.2. The van der Waals surface area contributed by atoms with Gasteiger partial charge in [0, 0.05) is 13.1 Å². The number of nitrogens with zero attached hydrogens (tertiary/aromatic N) is 2. The van der Waals surface area contributed by atoms with Gasteiger partial charge in [-0.2, -0.15) is 4.31 Å². The second-order valence-electron chi connectivity index (χ2n) is 6.75. The number of benzene rings is 2. The molecule has 10 heteroatoms. The summed E-state index contributed by atoms with van der Waals surface area (Å²) in [6.45, 7) is 0.386. The number of sulfonamides is 1. The second-order valence-corrected chi connectivity index (χ2v) is 10.1. The topological polar surface area (TPSA) is 79.4 Å².